The molecule has 0 saturated carbocycles. The number of nitrogens with zero attached hydrogens (tertiary/aromatic N) is 1. The van der Waals surface area contributed by atoms with E-state index >= 15 is 0 Å². The summed E-state index contributed by atoms with van der Waals surface area (Å²) in [7, 11) is -7.15. The fraction of sp³-hybridized carbons (Fsp3) is 0.500. The first-order valence-electron chi connectivity index (χ1n) is 6.35. The zero-order valence-electron chi connectivity index (χ0n) is 12.1. The summed E-state index contributed by atoms with van der Waals surface area (Å²) in [6.45, 7) is 5.91. The van der Waals surface area contributed by atoms with Crippen molar-refractivity contribution in [2.24, 2.45) is 0 Å². The van der Waals surface area contributed by atoms with Crippen LogP contribution >= 0.6 is 15.9 Å². The molecule has 0 unspecified atom stereocenters. The molecule has 1 rings (SSSR count). The summed E-state index contributed by atoms with van der Waals surface area (Å²) in [5.41, 5.74) is 0.800. The van der Waals surface area contributed by atoms with E-state index in [-0.39, 0.29) is 15.2 Å². The van der Waals surface area contributed by atoms with Gasteiger partial charge in [-0.2, -0.15) is 4.31 Å². The van der Waals surface area contributed by atoms with Crippen LogP contribution in [0.4, 0.5) is 5.69 Å². The molecule has 0 saturated heterocycles. The van der Waals surface area contributed by atoms with E-state index in [0.29, 0.717) is 18.7 Å². The molecule has 1 aromatic carbocycles. The fourth-order valence-electron chi connectivity index (χ4n) is 1.85. The molecule has 0 fully saturated rings. The summed E-state index contributed by atoms with van der Waals surface area (Å²) in [5.74, 6) is 0. The van der Waals surface area contributed by atoms with Gasteiger partial charge in [0.15, 0.2) is 0 Å². The Morgan fingerprint density at radius 1 is 1.14 bits per heavy atom. The number of benzene rings is 1. The van der Waals surface area contributed by atoms with E-state index in [1.807, 2.05) is 0 Å². The number of hydrogen-bond acceptors (Lipinski definition) is 4. The molecule has 1 N–H and O–H groups in total. The highest BCUT2D eigenvalue weighted by Crippen LogP contribution is 2.24. The van der Waals surface area contributed by atoms with Gasteiger partial charge in [0.05, 0.1) is 4.90 Å². The molecule has 0 aromatic heterocycles. The molecule has 0 aliphatic rings. The van der Waals surface area contributed by atoms with Crippen LogP contribution in [-0.2, 0) is 20.0 Å². The molecular weight excluding hydrogens is 380 g/mol. The van der Waals surface area contributed by atoms with Gasteiger partial charge in [0.25, 0.3) is 0 Å². The highest BCUT2D eigenvalue weighted by Gasteiger charge is 2.24. The van der Waals surface area contributed by atoms with E-state index in [2.05, 4.69) is 20.7 Å². The van der Waals surface area contributed by atoms with Gasteiger partial charge in [0, 0.05) is 18.8 Å². The summed E-state index contributed by atoms with van der Waals surface area (Å²) >= 11 is 2.87. The summed E-state index contributed by atoms with van der Waals surface area (Å²) in [6.07, 6.45) is 0. The monoisotopic (exact) mass is 398 g/mol. The van der Waals surface area contributed by atoms with Crippen molar-refractivity contribution >= 4 is 41.7 Å². The Bertz CT molecular complexity index is 698. The van der Waals surface area contributed by atoms with E-state index in [1.165, 1.54) is 16.4 Å². The molecule has 9 heteroatoms. The first-order valence-corrected chi connectivity index (χ1v) is 10.6. The third kappa shape index (κ3) is 4.41. The van der Waals surface area contributed by atoms with Crippen LogP contribution in [-0.4, -0.2) is 38.9 Å². The second-order valence-corrected chi connectivity index (χ2v) is 9.33. The Morgan fingerprint density at radius 3 is 2.19 bits per heavy atom. The third-order valence-corrected chi connectivity index (χ3v) is 7.76. The Hall–Kier alpha value is -0.640. The van der Waals surface area contributed by atoms with Gasteiger partial charge in [-0.15, -0.1) is 0 Å². The van der Waals surface area contributed by atoms with Crippen LogP contribution < -0.4 is 4.72 Å². The predicted octanol–water partition coefficient (Wildman–Crippen LogP) is 2.12. The summed E-state index contributed by atoms with van der Waals surface area (Å²) < 4.78 is 51.6. The lowest BCUT2D eigenvalue weighted by atomic mass is 10.2. The molecule has 0 atom stereocenters. The number of hydrogen-bond donors (Lipinski definition) is 1. The summed E-state index contributed by atoms with van der Waals surface area (Å²) in [5, 5.41) is 0. The van der Waals surface area contributed by atoms with Gasteiger partial charge in [-0.1, -0.05) is 35.8 Å². The van der Waals surface area contributed by atoms with Crippen molar-refractivity contribution in [2.45, 2.75) is 25.7 Å². The average Bonchev–Trinajstić information content (AvgIpc) is 2.41. The molecule has 120 valence electrons. The number of rotatable bonds is 7. The predicted molar refractivity (Wildman–Crippen MR) is 87.6 cm³/mol. The van der Waals surface area contributed by atoms with Crippen LogP contribution in [0.5, 0.6) is 0 Å². The molecule has 0 spiro atoms. The number of sulfonamides is 2. The Labute approximate surface area is 134 Å². The van der Waals surface area contributed by atoms with E-state index in [4.69, 9.17) is 0 Å². The lowest BCUT2D eigenvalue weighted by Crippen LogP contribution is -2.31. The van der Waals surface area contributed by atoms with Gasteiger partial charge in [-0.3, -0.25) is 4.72 Å². The second kappa shape index (κ2) is 7.08. The standard InChI is InChI=1S/C12H19BrN2O4S2/c1-4-15(5-2)21(18,19)12-8-11(7-6-10(12)3)14-20(16,17)9-13/h6-8,14H,4-5,9H2,1-3H3. The van der Waals surface area contributed by atoms with E-state index in [0.717, 1.165) is 0 Å². The van der Waals surface area contributed by atoms with Crippen molar-refractivity contribution in [3.63, 3.8) is 0 Å². The number of anilines is 1. The van der Waals surface area contributed by atoms with Crippen molar-refractivity contribution in [1.82, 2.24) is 4.31 Å². The van der Waals surface area contributed by atoms with Crippen molar-refractivity contribution in [3.05, 3.63) is 23.8 Å². The van der Waals surface area contributed by atoms with Gasteiger partial charge in [0.1, 0.15) is 4.66 Å². The molecule has 0 bridgehead atoms. The van der Waals surface area contributed by atoms with Gasteiger partial charge >= 0.3 is 0 Å². The van der Waals surface area contributed by atoms with Crippen molar-refractivity contribution < 1.29 is 16.8 Å². The van der Waals surface area contributed by atoms with Crippen LogP contribution in [0.1, 0.15) is 19.4 Å². The van der Waals surface area contributed by atoms with E-state index in [9.17, 15) is 16.8 Å². The van der Waals surface area contributed by atoms with Gasteiger partial charge in [-0.05, 0) is 24.6 Å². The van der Waals surface area contributed by atoms with Crippen LogP contribution in [0.15, 0.2) is 23.1 Å². The number of halogens is 1. The fourth-order valence-corrected chi connectivity index (χ4v) is 4.44. The Morgan fingerprint density at radius 2 is 1.71 bits per heavy atom. The molecule has 6 nitrogen and oxygen atoms in total. The largest absolute Gasteiger partial charge is 0.283 e. The third-order valence-electron chi connectivity index (χ3n) is 2.93. The SMILES string of the molecule is CCN(CC)S(=O)(=O)c1cc(NS(=O)(=O)CBr)ccc1C. The zero-order valence-corrected chi connectivity index (χ0v) is 15.3. The second-order valence-electron chi connectivity index (χ2n) is 4.40. The minimum absolute atomic E-state index is 0.112. The molecule has 1 aromatic rings. The highest BCUT2D eigenvalue weighted by atomic mass is 79.9. The number of alkyl halides is 1. The van der Waals surface area contributed by atoms with Crippen molar-refractivity contribution in [2.75, 3.05) is 22.5 Å². The molecular formula is C12H19BrN2O4S2. The van der Waals surface area contributed by atoms with Crippen LogP contribution in [0.3, 0.4) is 0 Å². The van der Waals surface area contributed by atoms with Crippen LogP contribution in [0.25, 0.3) is 0 Å². The van der Waals surface area contributed by atoms with Crippen LogP contribution in [0, 0.1) is 6.92 Å². The van der Waals surface area contributed by atoms with Gasteiger partial charge < -0.3 is 0 Å². The maximum absolute atomic E-state index is 12.5. The average molecular weight is 399 g/mol. The van der Waals surface area contributed by atoms with Gasteiger partial charge in [-0.25, -0.2) is 16.8 Å². The zero-order chi connectivity index (χ0) is 16.3. The minimum Gasteiger partial charge on any atom is -0.283 e. The Balaban J connectivity index is 3.32. The maximum Gasteiger partial charge on any atom is 0.243 e. The minimum atomic E-state index is -3.63. The van der Waals surface area contributed by atoms with Crippen LogP contribution in [0.2, 0.25) is 0 Å². The molecule has 21 heavy (non-hydrogen) atoms. The highest BCUT2D eigenvalue weighted by molar-refractivity contribution is 9.10. The van der Waals surface area contributed by atoms with E-state index < -0.39 is 20.0 Å². The molecule has 0 heterocycles. The van der Waals surface area contributed by atoms with Crippen molar-refractivity contribution in [3.8, 4) is 0 Å². The number of aryl methyl sites for hydroxylation is 1. The molecule has 0 radical (unpaired) electrons. The first-order chi connectivity index (χ1) is 9.67. The maximum atomic E-state index is 12.5. The topological polar surface area (TPSA) is 83.6 Å². The Kier molecular flexibility index (Phi) is 6.21. The summed E-state index contributed by atoms with van der Waals surface area (Å²) in [4.78, 5) is 0.112. The van der Waals surface area contributed by atoms with E-state index in [1.54, 1.807) is 26.8 Å². The smallest absolute Gasteiger partial charge is 0.243 e. The first kappa shape index (κ1) is 18.4. The lowest BCUT2D eigenvalue weighted by Gasteiger charge is -2.20. The molecule has 0 aliphatic carbocycles. The van der Waals surface area contributed by atoms with Gasteiger partial charge in [0.2, 0.25) is 20.0 Å². The molecule has 0 amide bonds. The van der Waals surface area contributed by atoms with Crippen molar-refractivity contribution in [1.29, 1.82) is 0 Å². The summed E-state index contributed by atoms with van der Waals surface area (Å²) in [6, 6.07) is 4.47. The molecule has 0 aliphatic heterocycles. The lowest BCUT2D eigenvalue weighted by molar-refractivity contribution is 0.445. The normalized spacial score (nSPS) is 12.6. The quantitative estimate of drug-likeness (QED) is 0.712. The number of nitrogens with one attached hydrogen (secondary N) is 1.